The summed E-state index contributed by atoms with van der Waals surface area (Å²) < 4.78 is 48.5. The summed E-state index contributed by atoms with van der Waals surface area (Å²) in [6, 6.07) is 7.87. The summed E-state index contributed by atoms with van der Waals surface area (Å²) in [6.07, 6.45) is 0.943. The van der Waals surface area contributed by atoms with E-state index in [1.54, 1.807) is 6.92 Å². The van der Waals surface area contributed by atoms with Crippen molar-refractivity contribution in [2.24, 2.45) is 13.0 Å². The molecule has 0 aliphatic carbocycles. The van der Waals surface area contributed by atoms with Gasteiger partial charge in [-0.2, -0.15) is 4.72 Å². The Morgan fingerprint density at radius 2 is 2.00 bits per heavy atom. The van der Waals surface area contributed by atoms with Crippen LogP contribution in [0.1, 0.15) is 23.0 Å². The number of halogens is 1. The third kappa shape index (κ3) is 4.63. The highest BCUT2D eigenvalue weighted by Gasteiger charge is 2.43. The molecule has 0 spiro atoms. The predicted octanol–water partition coefficient (Wildman–Crippen LogP) is 0.639. The summed E-state index contributed by atoms with van der Waals surface area (Å²) in [6.45, 7) is 1.50. The van der Waals surface area contributed by atoms with Crippen LogP contribution in [-0.2, 0) is 33.1 Å². The first kappa shape index (κ1) is 22.9. The highest BCUT2D eigenvalue weighted by atomic mass is 32.2. The van der Waals surface area contributed by atoms with Gasteiger partial charge in [-0.25, -0.2) is 17.6 Å². The Bertz CT molecular complexity index is 1070. The van der Waals surface area contributed by atoms with Crippen LogP contribution in [0.15, 0.2) is 41.4 Å². The minimum absolute atomic E-state index is 0.00418. The van der Waals surface area contributed by atoms with Crippen LogP contribution in [0.2, 0.25) is 0 Å². The van der Waals surface area contributed by atoms with Gasteiger partial charge in [0.2, 0.25) is 15.9 Å². The first-order valence-corrected chi connectivity index (χ1v) is 11.2. The number of carbonyl (C=O) groups excluding carboxylic acids is 2. The number of sulfonamides is 1. The molecule has 0 bridgehead atoms. The monoisotopic (exact) mass is 453 g/mol. The second kappa shape index (κ2) is 9.16. The summed E-state index contributed by atoms with van der Waals surface area (Å²) in [4.78, 5) is 25.5. The van der Waals surface area contributed by atoms with Crippen LogP contribution in [0.25, 0.3) is 0 Å². The average molecular weight is 453 g/mol. The minimum Gasteiger partial charge on any atom is -0.461 e. The van der Waals surface area contributed by atoms with Gasteiger partial charge < -0.3 is 19.3 Å². The Morgan fingerprint density at radius 3 is 2.61 bits per heavy atom. The molecule has 1 aliphatic heterocycles. The van der Waals surface area contributed by atoms with E-state index in [2.05, 4.69) is 4.72 Å². The molecule has 2 heterocycles. The minimum atomic E-state index is -4.51. The molecule has 2 atom stereocenters. The number of aromatic nitrogens is 1. The Hall–Kier alpha value is -2.76. The molecule has 2 N–H and O–H groups in total. The van der Waals surface area contributed by atoms with Gasteiger partial charge in [-0.3, -0.25) is 4.79 Å². The zero-order valence-electron chi connectivity index (χ0n) is 17.1. The van der Waals surface area contributed by atoms with Crippen LogP contribution in [0.4, 0.5) is 4.39 Å². The van der Waals surface area contributed by atoms with E-state index in [0.29, 0.717) is 0 Å². The zero-order chi connectivity index (χ0) is 22.8. The van der Waals surface area contributed by atoms with E-state index in [-0.39, 0.29) is 19.7 Å². The fourth-order valence-corrected chi connectivity index (χ4v) is 4.94. The molecular weight excluding hydrogens is 429 g/mol. The van der Waals surface area contributed by atoms with Crippen molar-refractivity contribution in [3.63, 3.8) is 0 Å². The van der Waals surface area contributed by atoms with Crippen molar-refractivity contribution in [2.45, 2.75) is 24.4 Å². The van der Waals surface area contributed by atoms with E-state index in [4.69, 9.17) is 4.74 Å². The lowest BCUT2D eigenvalue weighted by atomic mass is 10.1. The molecular formula is C20H24FN3O6S. The molecule has 2 aromatic rings. The summed E-state index contributed by atoms with van der Waals surface area (Å²) in [7, 11) is -3.20. The summed E-state index contributed by atoms with van der Waals surface area (Å²) in [5.41, 5.74) is 0.314. The molecule has 1 amide bonds. The van der Waals surface area contributed by atoms with Gasteiger partial charge in [0, 0.05) is 38.9 Å². The van der Waals surface area contributed by atoms with Crippen LogP contribution in [-0.4, -0.2) is 60.7 Å². The van der Waals surface area contributed by atoms with Crippen LogP contribution >= 0.6 is 0 Å². The Labute approximate surface area is 179 Å². The lowest BCUT2D eigenvalue weighted by Crippen LogP contribution is -2.44. The van der Waals surface area contributed by atoms with E-state index >= 15 is 0 Å². The number of amides is 1. The number of esters is 1. The lowest BCUT2D eigenvalue weighted by molar-refractivity contribution is -0.129. The van der Waals surface area contributed by atoms with Gasteiger partial charge in [0.1, 0.15) is 10.9 Å². The van der Waals surface area contributed by atoms with E-state index < -0.39 is 56.9 Å². The summed E-state index contributed by atoms with van der Waals surface area (Å²) in [5, 5.41) is 9.69. The average Bonchev–Trinajstić information content (AvgIpc) is 3.19. The highest BCUT2D eigenvalue weighted by Crippen LogP contribution is 2.25. The fourth-order valence-electron chi connectivity index (χ4n) is 3.55. The maximum absolute atomic E-state index is 14.8. The molecule has 1 fully saturated rings. The van der Waals surface area contributed by atoms with Crippen molar-refractivity contribution >= 4 is 21.9 Å². The number of carbonyl (C=O) groups is 2. The number of aryl methyl sites for hydroxylation is 1. The van der Waals surface area contributed by atoms with E-state index in [1.807, 2.05) is 30.3 Å². The topological polar surface area (TPSA) is 118 Å². The predicted molar refractivity (Wildman–Crippen MR) is 108 cm³/mol. The van der Waals surface area contributed by atoms with Gasteiger partial charge in [-0.1, -0.05) is 30.3 Å². The van der Waals surface area contributed by atoms with Crippen LogP contribution in [0.5, 0.6) is 0 Å². The number of nitrogens with zero attached hydrogens (tertiary/aromatic N) is 2. The SMILES string of the molecule is CCOC(=O)c1c(F)c(S(=O)(=O)NC2C(=O)N(Cc3ccccc3)CC2CO)cn1C. The number of aliphatic hydroxyl groups is 1. The molecule has 0 radical (unpaired) electrons. The number of hydrogen-bond acceptors (Lipinski definition) is 6. The molecule has 3 rings (SSSR count). The summed E-state index contributed by atoms with van der Waals surface area (Å²) >= 11 is 0. The van der Waals surface area contributed by atoms with Gasteiger partial charge in [-0.15, -0.1) is 0 Å². The largest absolute Gasteiger partial charge is 0.461 e. The van der Waals surface area contributed by atoms with Crippen molar-refractivity contribution < 1.29 is 32.2 Å². The highest BCUT2D eigenvalue weighted by molar-refractivity contribution is 7.89. The molecule has 2 unspecified atom stereocenters. The van der Waals surface area contributed by atoms with Crippen molar-refractivity contribution in [3.8, 4) is 0 Å². The molecule has 1 saturated heterocycles. The Balaban J connectivity index is 1.84. The van der Waals surface area contributed by atoms with Crippen molar-refractivity contribution in [1.82, 2.24) is 14.2 Å². The van der Waals surface area contributed by atoms with Crippen molar-refractivity contribution in [3.05, 3.63) is 53.6 Å². The molecule has 1 aromatic heterocycles. The van der Waals surface area contributed by atoms with Crippen molar-refractivity contribution in [1.29, 1.82) is 0 Å². The first-order chi connectivity index (χ1) is 14.7. The van der Waals surface area contributed by atoms with Crippen LogP contribution < -0.4 is 4.72 Å². The Morgan fingerprint density at radius 1 is 1.32 bits per heavy atom. The van der Waals surface area contributed by atoms with E-state index in [0.717, 1.165) is 16.3 Å². The maximum Gasteiger partial charge on any atom is 0.358 e. The summed E-state index contributed by atoms with van der Waals surface area (Å²) in [5.74, 6) is -3.49. The molecule has 168 valence electrons. The van der Waals surface area contributed by atoms with Gasteiger partial charge in [0.15, 0.2) is 11.5 Å². The second-order valence-corrected chi connectivity index (χ2v) is 8.92. The van der Waals surface area contributed by atoms with E-state index in [9.17, 15) is 27.5 Å². The third-order valence-electron chi connectivity index (χ3n) is 5.08. The van der Waals surface area contributed by atoms with Gasteiger partial charge in [0.05, 0.1) is 6.61 Å². The Kier molecular flexibility index (Phi) is 6.77. The number of ether oxygens (including phenoxy) is 1. The standard InChI is InChI=1S/C20H24FN3O6S/c1-3-30-20(27)18-16(21)15(11-23(18)2)31(28,29)22-17-14(12-25)10-24(19(17)26)9-13-7-5-4-6-8-13/h4-8,11,14,17,22,25H,3,9-10,12H2,1-2H3. The van der Waals surface area contributed by atoms with E-state index in [1.165, 1.54) is 11.9 Å². The van der Waals surface area contributed by atoms with Gasteiger partial charge >= 0.3 is 5.97 Å². The number of hydrogen-bond donors (Lipinski definition) is 2. The molecule has 31 heavy (non-hydrogen) atoms. The molecule has 11 heteroatoms. The number of benzene rings is 1. The number of aliphatic hydroxyl groups excluding tert-OH is 1. The fraction of sp³-hybridized carbons (Fsp3) is 0.400. The van der Waals surface area contributed by atoms with Crippen molar-refractivity contribution in [2.75, 3.05) is 19.8 Å². The number of rotatable bonds is 8. The smallest absolute Gasteiger partial charge is 0.358 e. The zero-order valence-corrected chi connectivity index (χ0v) is 17.9. The quantitative estimate of drug-likeness (QED) is 0.567. The van der Waals surface area contributed by atoms with Crippen LogP contribution in [0, 0.1) is 11.7 Å². The number of likely N-dealkylation sites (tertiary alicyclic amines) is 1. The second-order valence-electron chi connectivity index (χ2n) is 7.23. The molecule has 9 nitrogen and oxygen atoms in total. The maximum atomic E-state index is 14.8. The molecule has 0 saturated carbocycles. The van der Waals surface area contributed by atoms with Gasteiger partial charge in [0.25, 0.3) is 0 Å². The lowest BCUT2D eigenvalue weighted by Gasteiger charge is -2.17. The molecule has 1 aliphatic rings. The molecule has 1 aromatic carbocycles. The normalized spacial score (nSPS) is 19.1. The van der Waals surface area contributed by atoms with Gasteiger partial charge in [-0.05, 0) is 12.5 Å². The third-order valence-corrected chi connectivity index (χ3v) is 6.51. The first-order valence-electron chi connectivity index (χ1n) is 9.67. The number of nitrogens with one attached hydrogen (secondary N) is 1. The van der Waals surface area contributed by atoms with Crippen LogP contribution in [0.3, 0.4) is 0 Å².